The van der Waals surface area contributed by atoms with Crippen LogP contribution in [0, 0.1) is 0 Å². The first-order valence-corrected chi connectivity index (χ1v) is 4.08. The third-order valence-electron chi connectivity index (χ3n) is 1.78. The van der Waals surface area contributed by atoms with E-state index < -0.39 is 0 Å². The maximum absolute atomic E-state index is 5.84. The van der Waals surface area contributed by atoms with E-state index in [1.807, 2.05) is 10.6 Å². The van der Waals surface area contributed by atoms with Gasteiger partial charge in [0.25, 0.3) is 0 Å². The Morgan fingerprint density at radius 1 is 1.75 bits per heavy atom. The topological polar surface area (TPSA) is 43.8 Å². The Kier molecular flexibility index (Phi) is 2.53. The van der Waals surface area contributed by atoms with Crippen LogP contribution in [-0.4, -0.2) is 9.55 Å². The van der Waals surface area contributed by atoms with Gasteiger partial charge >= 0.3 is 0 Å². The van der Waals surface area contributed by atoms with Crippen molar-refractivity contribution in [1.82, 2.24) is 9.55 Å². The highest BCUT2D eigenvalue weighted by Gasteiger charge is 2.09. The SMILES string of the molecule is C=CCn1cnc(C(C)C)c1N. The van der Waals surface area contributed by atoms with Crippen LogP contribution in [0.15, 0.2) is 19.0 Å². The molecule has 3 heteroatoms. The molecule has 0 aliphatic heterocycles. The number of aromatic nitrogens is 2. The Balaban J connectivity index is 2.95. The van der Waals surface area contributed by atoms with Gasteiger partial charge in [-0.1, -0.05) is 19.9 Å². The summed E-state index contributed by atoms with van der Waals surface area (Å²) in [6, 6.07) is 0. The van der Waals surface area contributed by atoms with Crippen LogP contribution in [-0.2, 0) is 6.54 Å². The molecule has 66 valence electrons. The first-order chi connectivity index (χ1) is 5.66. The van der Waals surface area contributed by atoms with Gasteiger partial charge in [-0.05, 0) is 5.92 Å². The molecule has 0 aromatic carbocycles. The number of imidazole rings is 1. The molecule has 0 radical (unpaired) electrons. The van der Waals surface area contributed by atoms with Crippen LogP contribution in [0.5, 0.6) is 0 Å². The van der Waals surface area contributed by atoms with E-state index in [1.54, 1.807) is 6.33 Å². The van der Waals surface area contributed by atoms with Crippen LogP contribution in [0.2, 0.25) is 0 Å². The van der Waals surface area contributed by atoms with Crippen molar-refractivity contribution in [2.75, 3.05) is 5.73 Å². The molecule has 1 aromatic heterocycles. The summed E-state index contributed by atoms with van der Waals surface area (Å²) in [6.45, 7) is 8.54. The van der Waals surface area contributed by atoms with E-state index in [-0.39, 0.29) is 0 Å². The molecule has 1 aromatic rings. The van der Waals surface area contributed by atoms with Crippen molar-refractivity contribution in [3.8, 4) is 0 Å². The Morgan fingerprint density at radius 2 is 2.42 bits per heavy atom. The van der Waals surface area contributed by atoms with E-state index in [1.165, 1.54) is 0 Å². The third-order valence-corrected chi connectivity index (χ3v) is 1.78. The maximum Gasteiger partial charge on any atom is 0.127 e. The molecule has 0 aliphatic rings. The van der Waals surface area contributed by atoms with Gasteiger partial charge in [0.05, 0.1) is 12.0 Å². The summed E-state index contributed by atoms with van der Waals surface area (Å²) >= 11 is 0. The molecule has 0 spiro atoms. The molecule has 0 aliphatic carbocycles. The number of nitrogens with zero attached hydrogens (tertiary/aromatic N) is 2. The number of rotatable bonds is 3. The monoisotopic (exact) mass is 165 g/mol. The summed E-state index contributed by atoms with van der Waals surface area (Å²) in [5.41, 5.74) is 6.81. The van der Waals surface area contributed by atoms with Crippen LogP contribution in [0.1, 0.15) is 25.5 Å². The van der Waals surface area contributed by atoms with E-state index >= 15 is 0 Å². The van der Waals surface area contributed by atoms with E-state index in [4.69, 9.17) is 5.73 Å². The van der Waals surface area contributed by atoms with Gasteiger partial charge in [-0.2, -0.15) is 0 Å². The average molecular weight is 165 g/mol. The highest BCUT2D eigenvalue weighted by Crippen LogP contribution is 2.19. The molecule has 0 amide bonds. The molecule has 2 N–H and O–H groups in total. The van der Waals surface area contributed by atoms with Gasteiger partial charge < -0.3 is 10.3 Å². The predicted octanol–water partition coefficient (Wildman–Crippen LogP) is 1.77. The molecule has 0 saturated heterocycles. The molecule has 0 fully saturated rings. The minimum absolute atomic E-state index is 0.385. The van der Waals surface area contributed by atoms with Crippen LogP contribution in [0.25, 0.3) is 0 Å². The smallest absolute Gasteiger partial charge is 0.127 e. The van der Waals surface area contributed by atoms with E-state index in [0.717, 1.165) is 18.1 Å². The first kappa shape index (κ1) is 8.84. The summed E-state index contributed by atoms with van der Waals surface area (Å²) in [5.74, 6) is 1.14. The Bertz CT molecular complexity index is 273. The van der Waals surface area contributed by atoms with E-state index in [2.05, 4.69) is 25.4 Å². The van der Waals surface area contributed by atoms with Crippen LogP contribution in [0.4, 0.5) is 5.82 Å². The summed E-state index contributed by atoms with van der Waals surface area (Å²) in [7, 11) is 0. The van der Waals surface area contributed by atoms with Gasteiger partial charge in [0, 0.05) is 6.54 Å². The minimum atomic E-state index is 0.385. The van der Waals surface area contributed by atoms with E-state index in [9.17, 15) is 0 Å². The molecule has 12 heavy (non-hydrogen) atoms. The largest absolute Gasteiger partial charge is 0.384 e. The highest BCUT2D eigenvalue weighted by molar-refractivity contribution is 5.38. The molecular formula is C9H15N3. The highest BCUT2D eigenvalue weighted by atomic mass is 15.1. The molecule has 3 nitrogen and oxygen atoms in total. The zero-order chi connectivity index (χ0) is 9.14. The number of nitrogens with two attached hydrogens (primary N) is 1. The lowest BCUT2D eigenvalue weighted by atomic mass is 10.1. The summed E-state index contributed by atoms with van der Waals surface area (Å²) < 4.78 is 1.89. The minimum Gasteiger partial charge on any atom is -0.384 e. The normalized spacial score (nSPS) is 10.6. The van der Waals surface area contributed by atoms with Crippen LogP contribution in [0.3, 0.4) is 0 Å². The number of allylic oxidation sites excluding steroid dienone is 1. The van der Waals surface area contributed by atoms with Crippen molar-refractivity contribution in [2.24, 2.45) is 0 Å². The molecule has 0 bridgehead atoms. The summed E-state index contributed by atoms with van der Waals surface area (Å²) in [4.78, 5) is 4.22. The maximum atomic E-state index is 5.84. The second-order valence-corrected chi connectivity index (χ2v) is 3.11. The van der Waals surface area contributed by atoms with Gasteiger partial charge in [0.2, 0.25) is 0 Å². The lowest BCUT2D eigenvalue weighted by molar-refractivity contribution is 0.822. The van der Waals surface area contributed by atoms with Crippen molar-refractivity contribution >= 4 is 5.82 Å². The lowest BCUT2D eigenvalue weighted by Crippen LogP contribution is -2.02. The van der Waals surface area contributed by atoms with E-state index in [0.29, 0.717) is 5.92 Å². The quantitative estimate of drug-likeness (QED) is 0.694. The van der Waals surface area contributed by atoms with Gasteiger partial charge in [0.1, 0.15) is 5.82 Å². The molecule has 1 rings (SSSR count). The van der Waals surface area contributed by atoms with Crippen LogP contribution < -0.4 is 5.73 Å². The van der Waals surface area contributed by atoms with Gasteiger partial charge in [-0.25, -0.2) is 4.98 Å². The number of nitrogen functional groups attached to an aromatic ring is 1. The van der Waals surface area contributed by atoms with Gasteiger partial charge in [-0.15, -0.1) is 6.58 Å². The van der Waals surface area contributed by atoms with Crippen molar-refractivity contribution < 1.29 is 0 Å². The number of hydrogen-bond donors (Lipinski definition) is 1. The zero-order valence-corrected chi connectivity index (χ0v) is 7.62. The fourth-order valence-electron chi connectivity index (χ4n) is 1.14. The number of hydrogen-bond acceptors (Lipinski definition) is 2. The van der Waals surface area contributed by atoms with Crippen molar-refractivity contribution in [3.05, 3.63) is 24.7 Å². The van der Waals surface area contributed by atoms with Crippen molar-refractivity contribution in [2.45, 2.75) is 26.3 Å². The average Bonchev–Trinajstić information content (AvgIpc) is 2.34. The standard InChI is InChI=1S/C9H15N3/c1-4-5-12-6-11-8(7(2)3)9(12)10/h4,6-7H,1,5,10H2,2-3H3. The fraction of sp³-hybridized carbons (Fsp3) is 0.444. The van der Waals surface area contributed by atoms with Gasteiger partial charge in [0.15, 0.2) is 0 Å². The summed E-state index contributed by atoms with van der Waals surface area (Å²) in [6.07, 6.45) is 3.56. The molecule has 0 unspecified atom stereocenters. The molecular weight excluding hydrogens is 150 g/mol. The molecule has 0 saturated carbocycles. The van der Waals surface area contributed by atoms with Crippen molar-refractivity contribution in [1.29, 1.82) is 0 Å². The Labute approximate surface area is 72.9 Å². The van der Waals surface area contributed by atoms with Crippen molar-refractivity contribution in [3.63, 3.8) is 0 Å². The predicted molar refractivity (Wildman–Crippen MR) is 50.9 cm³/mol. The number of anilines is 1. The second-order valence-electron chi connectivity index (χ2n) is 3.11. The molecule has 0 atom stereocenters. The fourth-order valence-corrected chi connectivity index (χ4v) is 1.14. The van der Waals surface area contributed by atoms with Crippen LogP contribution >= 0.6 is 0 Å². The second kappa shape index (κ2) is 3.43. The first-order valence-electron chi connectivity index (χ1n) is 4.08. The lowest BCUT2D eigenvalue weighted by Gasteiger charge is -2.03. The third kappa shape index (κ3) is 1.49. The Hall–Kier alpha value is -1.25. The van der Waals surface area contributed by atoms with Gasteiger partial charge in [-0.3, -0.25) is 0 Å². The molecule has 1 heterocycles. The zero-order valence-electron chi connectivity index (χ0n) is 7.62. The summed E-state index contributed by atoms with van der Waals surface area (Å²) in [5, 5.41) is 0. The Morgan fingerprint density at radius 3 is 2.83 bits per heavy atom.